The highest BCUT2D eigenvalue weighted by molar-refractivity contribution is 5.93. The topological polar surface area (TPSA) is 70.8 Å². The molecule has 0 amide bonds. The molecule has 38 heavy (non-hydrogen) atoms. The fourth-order valence-corrected chi connectivity index (χ4v) is 6.66. The van der Waals surface area contributed by atoms with Gasteiger partial charge in [0.1, 0.15) is 6.26 Å². The highest BCUT2D eigenvalue weighted by Gasteiger charge is 2.38. The van der Waals surface area contributed by atoms with Gasteiger partial charge in [-0.15, -0.1) is 0 Å². The number of likely N-dealkylation sites (tertiary alicyclic amines) is 1. The van der Waals surface area contributed by atoms with Gasteiger partial charge in [-0.1, -0.05) is 30.3 Å². The van der Waals surface area contributed by atoms with Gasteiger partial charge in [0.05, 0.1) is 11.9 Å². The average Bonchev–Trinajstić information content (AvgIpc) is 3.70. The lowest BCUT2D eigenvalue weighted by atomic mass is 9.89. The summed E-state index contributed by atoms with van der Waals surface area (Å²) in [5, 5.41) is 8.70. The van der Waals surface area contributed by atoms with E-state index >= 15 is 0 Å². The first-order chi connectivity index (χ1) is 18.6. The van der Waals surface area contributed by atoms with E-state index < -0.39 is 0 Å². The zero-order valence-corrected chi connectivity index (χ0v) is 22.1. The monoisotopic (exact) mass is 503 g/mol. The van der Waals surface area contributed by atoms with E-state index in [0.29, 0.717) is 17.5 Å². The predicted molar refractivity (Wildman–Crippen MR) is 151 cm³/mol. The van der Waals surface area contributed by atoms with Crippen molar-refractivity contribution in [1.82, 2.24) is 25.1 Å². The maximum absolute atomic E-state index is 5.43. The molecule has 1 aliphatic heterocycles. The molecule has 0 bridgehead atoms. The number of hydrogen-bond donors (Lipinski definition) is 1. The van der Waals surface area contributed by atoms with Crippen molar-refractivity contribution in [3.63, 3.8) is 0 Å². The van der Waals surface area contributed by atoms with Gasteiger partial charge in [0.15, 0.2) is 5.65 Å². The van der Waals surface area contributed by atoms with Crippen LogP contribution in [-0.2, 0) is 12.8 Å². The van der Waals surface area contributed by atoms with Crippen LogP contribution >= 0.6 is 0 Å². The van der Waals surface area contributed by atoms with E-state index in [-0.39, 0.29) is 0 Å². The van der Waals surface area contributed by atoms with Crippen molar-refractivity contribution in [2.45, 2.75) is 64.0 Å². The third-order valence-corrected chi connectivity index (χ3v) is 8.91. The molecule has 2 aliphatic rings. The van der Waals surface area contributed by atoms with Crippen LogP contribution in [0.15, 0.2) is 71.6 Å². The van der Waals surface area contributed by atoms with Crippen molar-refractivity contribution in [3.05, 3.63) is 78.3 Å². The van der Waals surface area contributed by atoms with Gasteiger partial charge < -0.3 is 4.42 Å². The Balaban J connectivity index is 1.18. The SMILES string of the molecule is C[C@@H]1CCCN1[C@@]1(C)CCc2ccc(-c3cnc4n[nH]c(-c5ccc(-c6ncco6)cc5)c4c3)cc2CC1. The number of aryl methyl sites for hydroxylation is 2. The molecule has 0 radical (unpaired) electrons. The van der Waals surface area contributed by atoms with Crippen molar-refractivity contribution in [2.24, 2.45) is 0 Å². The van der Waals surface area contributed by atoms with Crippen LogP contribution in [0.4, 0.5) is 0 Å². The zero-order chi connectivity index (χ0) is 25.7. The molecule has 6 nitrogen and oxygen atoms in total. The summed E-state index contributed by atoms with van der Waals surface area (Å²) in [6.07, 6.45) is 12.6. The van der Waals surface area contributed by atoms with Gasteiger partial charge in [0.2, 0.25) is 5.89 Å². The maximum atomic E-state index is 5.43. The Labute approximate surface area is 223 Å². The number of fused-ring (bicyclic) bond motifs is 2. The molecule has 0 spiro atoms. The summed E-state index contributed by atoms with van der Waals surface area (Å²) in [7, 11) is 0. The van der Waals surface area contributed by atoms with Crippen molar-refractivity contribution >= 4 is 11.0 Å². The molecule has 5 aromatic rings. The van der Waals surface area contributed by atoms with E-state index in [4.69, 9.17) is 9.40 Å². The minimum absolute atomic E-state index is 0.295. The molecule has 2 atom stereocenters. The quantitative estimate of drug-likeness (QED) is 0.266. The second-order valence-corrected chi connectivity index (χ2v) is 11.3. The molecule has 4 heterocycles. The fraction of sp³-hybridized carbons (Fsp3) is 0.344. The largest absolute Gasteiger partial charge is 0.445 e. The smallest absolute Gasteiger partial charge is 0.225 e. The molecule has 0 saturated carbocycles. The van der Waals surface area contributed by atoms with Gasteiger partial charge >= 0.3 is 0 Å². The maximum Gasteiger partial charge on any atom is 0.225 e. The van der Waals surface area contributed by atoms with Gasteiger partial charge in [-0.25, -0.2) is 9.97 Å². The Morgan fingerprint density at radius 3 is 2.47 bits per heavy atom. The third-order valence-electron chi connectivity index (χ3n) is 8.91. The second kappa shape index (κ2) is 9.21. The summed E-state index contributed by atoms with van der Waals surface area (Å²) < 4.78 is 5.43. The van der Waals surface area contributed by atoms with Crippen LogP contribution in [0.1, 0.15) is 50.7 Å². The molecule has 7 rings (SSSR count). The zero-order valence-electron chi connectivity index (χ0n) is 22.1. The van der Waals surface area contributed by atoms with Gasteiger partial charge in [-0.2, -0.15) is 5.10 Å². The molecule has 192 valence electrons. The Bertz CT molecular complexity index is 1590. The normalized spacial score (nSPS) is 22.0. The first kappa shape index (κ1) is 23.4. The number of rotatable bonds is 4. The number of nitrogens with one attached hydrogen (secondary N) is 1. The van der Waals surface area contributed by atoms with Crippen LogP contribution in [0.25, 0.3) is 44.9 Å². The molecule has 1 fully saturated rings. The van der Waals surface area contributed by atoms with Crippen LogP contribution < -0.4 is 0 Å². The molecule has 1 N–H and O–H groups in total. The highest BCUT2D eigenvalue weighted by Crippen LogP contribution is 2.38. The summed E-state index contributed by atoms with van der Waals surface area (Å²) in [5.41, 5.74) is 9.35. The Hall–Kier alpha value is -3.77. The fourth-order valence-electron chi connectivity index (χ4n) is 6.66. The van der Waals surface area contributed by atoms with Crippen LogP contribution in [0.2, 0.25) is 0 Å². The van der Waals surface area contributed by atoms with Crippen molar-refractivity contribution in [1.29, 1.82) is 0 Å². The van der Waals surface area contributed by atoms with Crippen molar-refractivity contribution in [3.8, 4) is 33.8 Å². The number of nitrogens with zero attached hydrogens (tertiary/aromatic N) is 4. The molecule has 3 aromatic heterocycles. The van der Waals surface area contributed by atoms with Crippen molar-refractivity contribution < 1.29 is 4.42 Å². The van der Waals surface area contributed by atoms with E-state index in [1.54, 1.807) is 12.5 Å². The summed E-state index contributed by atoms with van der Waals surface area (Å²) in [6.45, 7) is 6.16. The lowest BCUT2D eigenvalue weighted by molar-refractivity contribution is 0.0821. The third kappa shape index (κ3) is 4.04. The van der Waals surface area contributed by atoms with Crippen LogP contribution in [-0.4, -0.2) is 43.2 Å². The molecule has 2 aromatic carbocycles. The summed E-state index contributed by atoms with van der Waals surface area (Å²) in [4.78, 5) is 11.7. The van der Waals surface area contributed by atoms with Crippen LogP contribution in [0.5, 0.6) is 0 Å². The first-order valence-corrected chi connectivity index (χ1v) is 13.8. The number of oxazole rings is 1. The van der Waals surface area contributed by atoms with Crippen molar-refractivity contribution in [2.75, 3.05) is 6.54 Å². The number of pyridine rings is 1. The minimum atomic E-state index is 0.295. The molecular formula is C32H33N5O. The predicted octanol–water partition coefficient (Wildman–Crippen LogP) is 7.07. The number of hydrogen-bond acceptors (Lipinski definition) is 5. The van der Waals surface area contributed by atoms with Gasteiger partial charge in [0.25, 0.3) is 0 Å². The number of aromatic nitrogens is 4. The molecular weight excluding hydrogens is 470 g/mol. The summed E-state index contributed by atoms with van der Waals surface area (Å²) in [6, 6.07) is 18.1. The summed E-state index contributed by atoms with van der Waals surface area (Å²) >= 11 is 0. The highest BCUT2D eigenvalue weighted by atomic mass is 16.3. The van der Waals surface area contributed by atoms with Gasteiger partial charge in [-0.05, 0) is 93.8 Å². The Morgan fingerprint density at radius 2 is 1.71 bits per heavy atom. The van der Waals surface area contributed by atoms with Crippen LogP contribution in [0, 0.1) is 0 Å². The van der Waals surface area contributed by atoms with E-state index in [1.807, 2.05) is 18.3 Å². The van der Waals surface area contributed by atoms with Crippen LogP contribution in [0.3, 0.4) is 0 Å². The van der Waals surface area contributed by atoms with E-state index in [1.165, 1.54) is 48.9 Å². The van der Waals surface area contributed by atoms with Gasteiger partial charge in [0, 0.05) is 39.9 Å². The molecule has 1 aliphatic carbocycles. The van der Waals surface area contributed by atoms with E-state index in [0.717, 1.165) is 46.3 Å². The number of H-pyrrole nitrogens is 1. The average molecular weight is 504 g/mol. The molecule has 0 unspecified atom stereocenters. The lowest BCUT2D eigenvalue weighted by Gasteiger charge is -2.41. The number of benzene rings is 2. The lowest BCUT2D eigenvalue weighted by Crippen LogP contribution is -2.48. The second-order valence-electron chi connectivity index (χ2n) is 11.3. The Kier molecular flexibility index (Phi) is 5.66. The summed E-state index contributed by atoms with van der Waals surface area (Å²) in [5.74, 6) is 0.619. The minimum Gasteiger partial charge on any atom is -0.445 e. The van der Waals surface area contributed by atoms with E-state index in [9.17, 15) is 0 Å². The van der Waals surface area contributed by atoms with Gasteiger partial charge in [-0.3, -0.25) is 10.00 Å². The Morgan fingerprint density at radius 1 is 0.921 bits per heavy atom. The standard InChI is InChI=1S/C32H33N5O/c1-21-4-3-16-37(21)32(2)13-11-22-5-10-25(18-26(22)12-14-32)27-19-28-29(35-36-30(28)34-20-27)23-6-8-24(9-7-23)31-33-15-17-38-31/h5-10,15,17-21H,3-4,11-14,16H2,1-2H3,(H,34,35,36)/t21-,32+/m1/s1. The molecule has 1 saturated heterocycles. The number of aromatic amines is 1. The first-order valence-electron chi connectivity index (χ1n) is 13.8. The molecule has 6 heteroatoms. The van der Waals surface area contributed by atoms with E-state index in [2.05, 4.69) is 70.3 Å².